The van der Waals surface area contributed by atoms with Crippen molar-refractivity contribution < 1.29 is 9.90 Å². The van der Waals surface area contributed by atoms with Crippen LogP contribution in [0.25, 0.3) is 0 Å². The van der Waals surface area contributed by atoms with Crippen LogP contribution in [0.1, 0.15) is 86.0 Å². The first-order valence-electron chi connectivity index (χ1n) is 7.73. The van der Waals surface area contributed by atoms with Crippen LogP contribution in [-0.2, 0) is 4.79 Å². The first kappa shape index (κ1) is 17.5. The van der Waals surface area contributed by atoms with E-state index in [-0.39, 0.29) is 5.41 Å². The summed E-state index contributed by atoms with van der Waals surface area (Å²) in [5.74, 6) is -0.590. The Morgan fingerprint density at radius 2 is 1.39 bits per heavy atom. The van der Waals surface area contributed by atoms with E-state index in [9.17, 15) is 9.90 Å². The summed E-state index contributed by atoms with van der Waals surface area (Å²) in [6.07, 6.45) is 8.06. The molecule has 0 radical (unpaired) electrons. The van der Waals surface area contributed by atoms with Crippen LogP contribution in [0, 0.1) is 10.8 Å². The van der Waals surface area contributed by atoms with Crippen LogP contribution in [0.5, 0.6) is 0 Å². The Bertz CT molecular complexity index is 237. The minimum Gasteiger partial charge on any atom is -0.481 e. The monoisotopic (exact) mass is 256 g/mol. The zero-order chi connectivity index (χ0) is 14.2. The average molecular weight is 256 g/mol. The number of carboxylic acid groups (broad SMARTS) is 1. The highest BCUT2D eigenvalue weighted by Gasteiger charge is 2.51. The number of hydrogen-bond acceptors (Lipinski definition) is 1. The lowest BCUT2D eigenvalue weighted by Crippen LogP contribution is -2.46. The number of unbranched alkanes of at least 4 members (excludes halogenated alkanes) is 2. The zero-order valence-electron chi connectivity index (χ0n) is 13.0. The molecule has 0 heterocycles. The van der Waals surface area contributed by atoms with Crippen LogP contribution in [0.15, 0.2) is 0 Å². The topological polar surface area (TPSA) is 37.3 Å². The maximum atomic E-state index is 11.9. The lowest BCUT2D eigenvalue weighted by molar-refractivity contribution is -0.161. The first-order chi connectivity index (χ1) is 8.50. The van der Waals surface area contributed by atoms with Crippen molar-refractivity contribution in [3.05, 3.63) is 0 Å². The smallest absolute Gasteiger partial charge is 0.310 e. The van der Waals surface area contributed by atoms with Crippen LogP contribution >= 0.6 is 0 Å². The Kier molecular flexibility index (Phi) is 7.58. The summed E-state index contributed by atoms with van der Waals surface area (Å²) in [5.41, 5.74) is -0.568. The maximum absolute atomic E-state index is 11.9. The lowest BCUT2D eigenvalue weighted by atomic mass is 9.55. The van der Waals surface area contributed by atoms with Gasteiger partial charge in [0.2, 0.25) is 0 Å². The number of aliphatic carboxylic acids is 1. The van der Waals surface area contributed by atoms with Gasteiger partial charge in [-0.15, -0.1) is 0 Å². The quantitative estimate of drug-likeness (QED) is 0.541. The van der Waals surface area contributed by atoms with Gasteiger partial charge in [-0.3, -0.25) is 4.79 Å². The largest absolute Gasteiger partial charge is 0.481 e. The van der Waals surface area contributed by atoms with Gasteiger partial charge in [0.1, 0.15) is 0 Å². The second kappa shape index (κ2) is 7.81. The van der Waals surface area contributed by atoms with Crippen molar-refractivity contribution in [3.8, 4) is 0 Å². The SMILES string of the molecule is CCCCCC(CC)(CC)C(CC)(CC)C(=O)O. The van der Waals surface area contributed by atoms with Gasteiger partial charge >= 0.3 is 5.97 Å². The van der Waals surface area contributed by atoms with Crippen LogP contribution in [0.4, 0.5) is 0 Å². The molecule has 18 heavy (non-hydrogen) atoms. The Labute approximate surface area is 113 Å². The van der Waals surface area contributed by atoms with Crippen molar-refractivity contribution in [2.24, 2.45) is 10.8 Å². The van der Waals surface area contributed by atoms with Crippen molar-refractivity contribution in [1.82, 2.24) is 0 Å². The van der Waals surface area contributed by atoms with E-state index < -0.39 is 11.4 Å². The van der Waals surface area contributed by atoms with Gasteiger partial charge in [0.15, 0.2) is 0 Å². The molecule has 0 saturated carbocycles. The molecular formula is C16H32O2. The molecule has 0 aromatic heterocycles. The van der Waals surface area contributed by atoms with E-state index in [1.807, 2.05) is 13.8 Å². The van der Waals surface area contributed by atoms with Crippen LogP contribution in [0.3, 0.4) is 0 Å². The fourth-order valence-corrected chi connectivity index (χ4v) is 3.76. The lowest BCUT2D eigenvalue weighted by Gasteiger charge is -2.47. The van der Waals surface area contributed by atoms with Crippen molar-refractivity contribution in [1.29, 1.82) is 0 Å². The molecular weight excluding hydrogens is 224 g/mol. The standard InChI is InChI=1S/C16H32O2/c1-6-11-12-13-15(7-2,8-3)16(9-4,10-5)14(17)18/h6-13H2,1-5H3,(H,17,18). The normalized spacial score (nSPS) is 12.7. The number of carbonyl (C=O) groups is 1. The molecule has 108 valence electrons. The minimum absolute atomic E-state index is 0.0303. The third-order valence-electron chi connectivity index (χ3n) is 5.24. The predicted molar refractivity (Wildman–Crippen MR) is 77.8 cm³/mol. The molecule has 0 bridgehead atoms. The van der Waals surface area contributed by atoms with Gasteiger partial charge in [-0.05, 0) is 37.5 Å². The molecule has 1 N–H and O–H groups in total. The highest BCUT2D eigenvalue weighted by Crippen LogP contribution is 2.53. The molecule has 0 rings (SSSR count). The molecule has 0 aliphatic carbocycles. The second-order valence-electron chi connectivity index (χ2n) is 5.54. The van der Waals surface area contributed by atoms with Gasteiger partial charge in [0.25, 0.3) is 0 Å². The van der Waals surface area contributed by atoms with Gasteiger partial charge in [-0.25, -0.2) is 0 Å². The highest BCUT2D eigenvalue weighted by molar-refractivity contribution is 5.75. The van der Waals surface area contributed by atoms with Gasteiger partial charge < -0.3 is 5.11 Å². The van der Waals surface area contributed by atoms with Crippen LogP contribution in [-0.4, -0.2) is 11.1 Å². The number of carboxylic acids is 1. The fraction of sp³-hybridized carbons (Fsp3) is 0.938. The number of rotatable bonds is 10. The molecule has 0 fully saturated rings. The van der Waals surface area contributed by atoms with Gasteiger partial charge in [-0.2, -0.15) is 0 Å². The van der Waals surface area contributed by atoms with Crippen molar-refractivity contribution in [2.45, 2.75) is 86.0 Å². The van der Waals surface area contributed by atoms with E-state index in [1.54, 1.807) is 0 Å². The third kappa shape index (κ3) is 3.07. The van der Waals surface area contributed by atoms with Crippen molar-refractivity contribution in [2.75, 3.05) is 0 Å². The molecule has 0 aliphatic rings. The van der Waals surface area contributed by atoms with E-state index >= 15 is 0 Å². The fourth-order valence-electron chi connectivity index (χ4n) is 3.76. The summed E-state index contributed by atoms with van der Waals surface area (Å²) < 4.78 is 0. The summed E-state index contributed by atoms with van der Waals surface area (Å²) in [6, 6.07) is 0. The number of hydrogen-bond donors (Lipinski definition) is 1. The average Bonchev–Trinajstić information content (AvgIpc) is 2.38. The Balaban J connectivity index is 5.30. The maximum Gasteiger partial charge on any atom is 0.310 e. The molecule has 0 aromatic carbocycles. The summed E-state index contributed by atoms with van der Waals surface area (Å²) in [5, 5.41) is 9.78. The van der Waals surface area contributed by atoms with E-state index in [0.29, 0.717) is 0 Å². The first-order valence-corrected chi connectivity index (χ1v) is 7.73. The Morgan fingerprint density at radius 3 is 1.67 bits per heavy atom. The highest BCUT2D eigenvalue weighted by atomic mass is 16.4. The molecule has 0 spiro atoms. The minimum atomic E-state index is -0.590. The molecule has 0 aromatic rings. The molecule has 2 heteroatoms. The molecule has 0 amide bonds. The summed E-state index contributed by atoms with van der Waals surface area (Å²) in [7, 11) is 0. The molecule has 0 saturated heterocycles. The molecule has 0 atom stereocenters. The molecule has 2 nitrogen and oxygen atoms in total. The molecule has 0 aliphatic heterocycles. The second-order valence-corrected chi connectivity index (χ2v) is 5.54. The third-order valence-corrected chi connectivity index (χ3v) is 5.24. The Hall–Kier alpha value is -0.530. The van der Waals surface area contributed by atoms with Gasteiger partial charge in [-0.1, -0.05) is 53.9 Å². The summed E-state index contributed by atoms with van der Waals surface area (Å²) in [4.78, 5) is 11.9. The zero-order valence-corrected chi connectivity index (χ0v) is 13.0. The van der Waals surface area contributed by atoms with E-state index in [2.05, 4.69) is 20.8 Å². The summed E-state index contributed by atoms with van der Waals surface area (Å²) >= 11 is 0. The van der Waals surface area contributed by atoms with Gasteiger partial charge in [0.05, 0.1) is 5.41 Å². The van der Waals surface area contributed by atoms with Crippen molar-refractivity contribution >= 4 is 5.97 Å². The van der Waals surface area contributed by atoms with E-state index in [1.165, 1.54) is 12.8 Å². The molecule has 0 unspecified atom stereocenters. The van der Waals surface area contributed by atoms with Gasteiger partial charge in [0, 0.05) is 0 Å². The van der Waals surface area contributed by atoms with Crippen LogP contribution < -0.4 is 0 Å². The van der Waals surface area contributed by atoms with Crippen LogP contribution in [0.2, 0.25) is 0 Å². The van der Waals surface area contributed by atoms with E-state index in [4.69, 9.17) is 0 Å². The summed E-state index contributed by atoms with van der Waals surface area (Å²) in [6.45, 7) is 10.6. The predicted octanol–water partition coefficient (Wildman–Crippen LogP) is 5.26. The van der Waals surface area contributed by atoms with E-state index in [0.717, 1.165) is 38.5 Å². The Morgan fingerprint density at radius 1 is 0.889 bits per heavy atom. The van der Waals surface area contributed by atoms with Crippen molar-refractivity contribution in [3.63, 3.8) is 0 Å².